The molecule has 25 heavy (non-hydrogen) atoms. The third-order valence-corrected chi connectivity index (χ3v) is 4.67. The number of anilines is 2. The molecular formula is C19H21N5O. The van der Waals surface area contributed by atoms with Crippen LogP contribution < -0.4 is 14.5 Å². The average Bonchev–Trinajstić information content (AvgIpc) is 2.67. The van der Waals surface area contributed by atoms with E-state index in [1.165, 1.54) is 17.7 Å². The predicted octanol–water partition coefficient (Wildman–Crippen LogP) is 2.67. The summed E-state index contributed by atoms with van der Waals surface area (Å²) >= 11 is 0. The van der Waals surface area contributed by atoms with Crippen molar-refractivity contribution in [3.05, 3.63) is 48.5 Å². The normalized spacial score (nSPS) is 14.8. The lowest BCUT2D eigenvalue weighted by Gasteiger charge is -2.37. The van der Waals surface area contributed by atoms with Gasteiger partial charge in [-0.3, -0.25) is 4.98 Å². The number of hydrogen-bond acceptors (Lipinski definition) is 6. The summed E-state index contributed by atoms with van der Waals surface area (Å²) in [5.41, 5.74) is 4.40. The summed E-state index contributed by atoms with van der Waals surface area (Å²) in [6, 6.07) is 10.5. The van der Waals surface area contributed by atoms with E-state index in [-0.39, 0.29) is 0 Å². The molecule has 3 aromatic rings. The molecule has 3 heterocycles. The lowest BCUT2D eigenvalue weighted by molar-refractivity contribution is 0.402. The van der Waals surface area contributed by atoms with Crippen molar-refractivity contribution in [3.8, 4) is 5.88 Å². The Bertz CT molecular complexity index is 890. The van der Waals surface area contributed by atoms with Gasteiger partial charge in [0.2, 0.25) is 5.88 Å². The number of ether oxygens (including phenoxy) is 1. The molecule has 2 aromatic heterocycles. The summed E-state index contributed by atoms with van der Waals surface area (Å²) in [5.74, 6) is 0.623. The molecule has 0 spiro atoms. The second-order valence-corrected chi connectivity index (χ2v) is 6.21. The van der Waals surface area contributed by atoms with Crippen LogP contribution in [0.4, 0.5) is 11.4 Å². The van der Waals surface area contributed by atoms with Crippen LogP contribution in [0.3, 0.4) is 0 Å². The molecule has 0 saturated carbocycles. The Morgan fingerprint density at radius 2 is 1.60 bits per heavy atom. The molecule has 0 N–H and O–H groups in total. The highest BCUT2D eigenvalue weighted by Gasteiger charge is 2.18. The molecule has 0 bridgehead atoms. The van der Waals surface area contributed by atoms with Gasteiger partial charge in [-0.1, -0.05) is 0 Å². The Morgan fingerprint density at radius 3 is 2.28 bits per heavy atom. The maximum absolute atomic E-state index is 5.37. The fourth-order valence-corrected chi connectivity index (χ4v) is 3.33. The van der Waals surface area contributed by atoms with Crippen LogP contribution in [-0.4, -0.2) is 48.2 Å². The molecule has 1 fully saturated rings. The second kappa shape index (κ2) is 6.55. The first-order valence-electron chi connectivity index (χ1n) is 8.46. The first-order chi connectivity index (χ1) is 12.2. The van der Waals surface area contributed by atoms with E-state index in [2.05, 4.69) is 49.0 Å². The summed E-state index contributed by atoms with van der Waals surface area (Å²) in [6.07, 6.45) is 3.42. The standard InChI is InChI=1S/C19H21N5O/c1-14-11-16(5-6-20-14)24-9-7-23(8-10-24)15-3-4-18-17(12-15)19(25-2)22-13-21-18/h3-6,11-13H,7-10H2,1-2H3. The molecule has 4 rings (SSSR count). The maximum atomic E-state index is 5.37. The topological polar surface area (TPSA) is 54.4 Å². The number of aryl methyl sites for hydroxylation is 1. The molecule has 0 unspecified atom stereocenters. The minimum atomic E-state index is 0.623. The highest BCUT2D eigenvalue weighted by atomic mass is 16.5. The van der Waals surface area contributed by atoms with E-state index < -0.39 is 0 Å². The highest BCUT2D eigenvalue weighted by molar-refractivity contribution is 5.86. The van der Waals surface area contributed by atoms with Crippen LogP contribution in [0, 0.1) is 6.92 Å². The Labute approximate surface area is 147 Å². The molecule has 0 atom stereocenters. The number of pyridine rings is 1. The zero-order valence-electron chi connectivity index (χ0n) is 14.5. The zero-order chi connectivity index (χ0) is 17.2. The van der Waals surface area contributed by atoms with Gasteiger partial charge in [-0.25, -0.2) is 9.97 Å². The van der Waals surface area contributed by atoms with Crippen LogP contribution in [0.25, 0.3) is 10.9 Å². The number of benzene rings is 1. The highest BCUT2D eigenvalue weighted by Crippen LogP contribution is 2.27. The van der Waals surface area contributed by atoms with Gasteiger partial charge in [0.1, 0.15) is 6.33 Å². The molecule has 128 valence electrons. The van der Waals surface area contributed by atoms with Crippen molar-refractivity contribution in [2.45, 2.75) is 6.92 Å². The molecule has 1 aliphatic heterocycles. The minimum absolute atomic E-state index is 0.623. The van der Waals surface area contributed by atoms with Gasteiger partial charge in [0.15, 0.2) is 0 Å². The first kappa shape index (κ1) is 15.6. The lowest BCUT2D eigenvalue weighted by Crippen LogP contribution is -2.46. The van der Waals surface area contributed by atoms with Gasteiger partial charge in [-0.05, 0) is 37.3 Å². The molecule has 1 aromatic carbocycles. The van der Waals surface area contributed by atoms with Crippen molar-refractivity contribution in [3.63, 3.8) is 0 Å². The van der Waals surface area contributed by atoms with E-state index in [9.17, 15) is 0 Å². The number of aromatic nitrogens is 3. The Hall–Kier alpha value is -2.89. The van der Waals surface area contributed by atoms with E-state index in [0.29, 0.717) is 5.88 Å². The Kier molecular flexibility index (Phi) is 4.09. The van der Waals surface area contributed by atoms with Crippen LogP contribution in [-0.2, 0) is 0 Å². The quantitative estimate of drug-likeness (QED) is 0.733. The number of rotatable bonds is 3. The third-order valence-electron chi connectivity index (χ3n) is 4.67. The van der Waals surface area contributed by atoms with Crippen molar-refractivity contribution in [1.29, 1.82) is 0 Å². The van der Waals surface area contributed by atoms with Crippen LogP contribution in [0.2, 0.25) is 0 Å². The van der Waals surface area contributed by atoms with Crippen molar-refractivity contribution < 1.29 is 4.74 Å². The van der Waals surface area contributed by atoms with Gasteiger partial charge in [-0.2, -0.15) is 0 Å². The summed E-state index contributed by atoms with van der Waals surface area (Å²) < 4.78 is 5.37. The average molecular weight is 335 g/mol. The zero-order valence-corrected chi connectivity index (χ0v) is 14.5. The molecule has 6 heteroatoms. The number of hydrogen-bond donors (Lipinski definition) is 0. The lowest BCUT2D eigenvalue weighted by atomic mass is 10.1. The van der Waals surface area contributed by atoms with Gasteiger partial charge in [0.05, 0.1) is 18.0 Å². The molecule has 6 nitrogen and oxygen atoms in total. The fourth-order valence-electron chi connectivity index (χ4n) is 3.33. The van der Waals surface area contributed by atoms with Crippen LogP contribution in [0.15, 0.2) is 42.9 Å². The summed E-state index contributed by atoms with van der Waals surface area (Å²) in [7, 11) is 1.64. The van der Waals surface area contributed by atoms with Gasteiger partial charge in [-0.15, -0.1) is 0 Å². The summed E-state index contributed by atoms with van der Waals surface area (Å²) in [6.45, 7) is 5.96. The van der Waals surface area contributed by atoms with E-state index in [4.69, 9.17) is 4.74 Å². The van der Waals surface area contributed by atoms with E-state index in [1.54, 1.807) is 7.11 Å². The number of fused-ring (bicyclic) bond motifs is 1. The first-order valence-corrected chi connectivity index (χ1v) is 8.46. The van der Waals surface area contributed by atoms with Crippen LogP contribution in [0.5, 0.6) is 5.88 Å². The second-order valence-electron chi connectivity index (χ2n) is 6.21. The smallest absolute Gasteiger partial charge is 0.224 e. The molecule has 0 radical (unpaired) electrons. The number of piperazine rings is 1. The van der Waals surface area contributed by atoms with E-state index in [1.807, 2.05) is 19.2 Å². The Balaban J connectivity index is 1.53. The fraction of sp³-hybridized carbons (Fsp3) is 0.316. The van der Waals surface area contributed by atoms with Crippen molar-refractivity contribution in [2.75, 3.05) is 43.1 Å². The molecule has 1 saturated heterocycles. The van der Waals surface area contributed by atoms with Gasteiger partial charge in [0.25, 0.3) is 0 Å². The SMILES string of the molecule is COc1ncnc2ccc(N3CCN(c4ccnc(C)c4)CC3)cc12. The van der Waals surface area contributed by atoms with Crippen molar-refractivity contribution >= 4 is 22.3 Å². The third kappa shape index (κ3) is 3.07. The molecule has 0 aliphatic carbocycles. The predicted molar refractivity (Wildman–Crippen MR) is 99.5 cm³/mol. The van der Waals surface area contributed by atoms with Crippen molar-refractivity contribution in [2.24, 2.45) is 0 Å². The summed E-state index contributed by atoms with van der Waals surface area (Å²) in [5, 5.41) is 0.953. The van der Waals surface area contributed by atoms with E-state index >= 15 is 0 Å². The minimum Gasteiger partial charge on any atom is -0.480 e. The van der Waals surface area contributed by atoms with Gasteiger partial charge < -0.3 is 14.5 Å². The van der Waals surface area contributed by atoms with E-state index in [0.717, 1.165) is 42.8 Å². The number of nitrogens with zero attached hydrogens (tertiary/aromatic N) is 5. The molecule has 1 aliphatic rings. The van der Waals surface area contributed by atoms with Crippen molar-refractivity contribution in [1.82, 2.24) is 15.0 Å². The van der Waals surface area contributed by atoms with Gasteiger partial charge >= 0.3 is 0 Å². The monoisotopic (exact) mass is 335 g/mol. The number of methoxy groups -OCH3 is 1. The van der Waals surface area contributed by atoms with Crippen LogP contribution >= 0.6 is 0 Å². The maximum Gasteiger partial charge on any atom is 0.224 e. The Morgan fingerprint density at radius 1 is 0.880 bits per heavy atom. The molecular weight excluding hydrogens is 314 g/mol. The largest absolute Gasteiger partial charge is 0.480 e. The van der Waals surface area contributed by atoms with Crippen LogP contribution in [0.1, 0.15) is 5.69 Å². The molecule has 0 amide bonds. The summed E-state index contributed by atoms with van der Waals surface area (Å²) in [4.78, 5) is 17.6. The van der Waals surface area contributed by atoms with Gasteiger partial charge in [0, 0.05) is 49.4 Å².